The Morgan fingerprint density at radius 2 is 1.84 bits per heavy atom. The topological polar surface area (TPSA) is 27.8 Å². The normalized spacial score (nSPS) is 11.2. The monoisotopic (exact) mass is 256 g/mol. The molecule has 0 saturated carbocycles. The largest absolute Gasteiger partial charge is 0.358 e. The van der Waals surface area contributed by atoms with Crippen LogP contribution >= 0.6 is 0 Å². The van der Waals surface area contributed by atoms with E-state index in [9.17, 15) is 0 Å². The molecule has 0 aliphatic heterocycles. The molecular formula is C17H24N2. The van der Waals surface area contributed by atoms with Gasteiger partial charge in [0.15, 0.2) is 0 Å². The molecule has 1 heterocycles. The lowest BCUT2D eigenvalue weighted by Gasteiger charge is -2.05. The summed E-state index contributed by atoms with van der Waals surface area (Å²) in [6, 6.07) is 11.1. The van der Waals surface area contributed by atoms with E-state index in [1.165, 1.54) is 28.1 Å². The van der Waals surface area contributed by atoms with E-state index < -0.39 is 0 Å². The highest BCUT2D eigenvalue weighted by molar-refractivity contribution is 5.61. The van der Waals surface area contributed by atoms with Crippen LogP contribution in [0.25, 0.3) is 11.3 Å². The quantitative estimate of drug-likeness (QED) is 0.834. The number of benzene rings is 1. The van der Waals surface area contributed by atoms with Crippen molar-refractivity contribution < 1.29 is 0 Å². The van der Waals surface area contributed by atoms with E-state index in [1.807, 2.05) is 7.05 Å². The molecule has 19 heavy (non-hydrogen) atoms. The van der Waals surface area contributed by atoms with Crippen LogP contribution in [0.1, 0.15) is 30.7 Å². The predicted molar refractivity (Wildman–Crippen MR) is 82.3 cm³/mol. The Labute approximate surface area is 116 Å². The van der Waals surface area contributed by atoms with Crippen LogP contribution in [0.3, 0.4) is 0 Å². The summed E-state index contributed by atoms with van der Waals surface area (Å²) in [5, 5.41) is 3.20. The smallest absolute Gasteiger partial charge is 0.0459 e. The van der Waals surface area contributed by atoms with Crippen LogP contribution in [0.4, 0.5) is 0 Å². The first kappa shape index (κ1) is 13.9. The van der Waals surface area contributed by atoms with Crippen molar-refractivity contribution in [3.8, 4) is 11.3 Å². The zero-order valence-electron chi connectivity index (χ0n) is 12.4. The van der Waals surface area contributed by atoms with Crippen molar-refractivity contribution >= 4 is 0 Å². The molecular weight excluding hydrogens is 232 g/mol. The minimum Gasteiger partial charge on any atom is -0.358 e. The molecule has 0 bridgehead atoms. The zero-order chi connectivity index (χ0) is 13.8. The maximum Gasteiger partial charge on any atom is 0.0459 e. The molecule has 2 N–H and O–H groups in total. The minimum atomic E-state index is 0.709. The highest BCUT2D eigenvalue weighted by atomic mass is 14.8. The van der Waals surface area contributed by atoms with Crippen LogP contribution in [0.15, 0.2) is 30.3 Å². The Bertz CT molecular complexity index is 521. The fourth-order valence-corrected chi connectivity index (χ4v) is 2.42. The second-order valence-electron chi connectivity index (χ2n) is 5.66. The lowest BCUT2D eigenvalue weighted by molar-refractivity contribution is 0.647. The van der Waals surface area contributed by atoms with E-state index in [4.69, 9.17) is 0 Å². The molecule has 0 fully saturated rings. The van der Waals surface area contributed by atoms with Gasteiger partial charge in [0.2, 0.25) is 0 Å². The Kier molecular flexibility index (Phi) is 4.43. The van der Waals surface area contributed by atoms with E-state index in [2.05, 4.69) is 61.4 Å². The van der Waals surface area contributed by atoms with E-state index >= 15 is 0 Å². The predicted octanol–water partition coefficient (Wildman–Crippen LogP) is 3.91. The number of aromatic nitrogens is 1. The van der Waals surface area contributed by atoms with Crippen molar-refractivity contribution in [1.82, 2.24) is 10.3 Å². The maximum atomic E-state index is 3.47. The number of hydrogen-bond donors (Lipinski definition) is 2. The molecule has 102 valence electrons. The second kappa shape index (κ2) is 6.07. The van der Waals surface area contributed by atoms with Gasteiger partial charge < -0.3 is 10.3 Å². The summed E-state index contributed by atoms with van der Waals surface area (Å²) in [6.07, 6.45) is 1.15. The van der Waals surface area contributed by atoms with Crippen molar-refractivity contribution in [2.75, 3.05) is 7.05 Å². The van der Waals surface area contributed by atoms with E-state index in [0.29, 0.717) is 5.92 Å². The highest BCUT2D eigenvalue weighted by Gasteiger charge is 2.06. The van der Waals surface area contributed by atoms with Gasteiger partial charge in [0, 0.05) is 17.9 Å². The maximum absolute atomic E-state index is 3.47. The van der Waals surface area contributed by atoms with Gasteiger partial charge >= 0.3 is 0 Å². The molecule has 1 aromatic heterocycles. The highest BCUT2D eigenvalue weighted by Crippen LogP contribution is 2.22. The molecule has 1 aromatic carbocycles. The molecule has 2 heteroatoms. The van der Waals surface area contributed by atoms with Crippen molar-refractivity contribution in [2.24, 2.45) is 5.92 Å². The van der Waals surface area contributed by atoms with E-state index in [1.54, 1.807) is 0 Å². The average Bonchev–Trinajstić information content (AvgIpc) is 2.72. The summed E-state index contributed by atoms with van der Waals surface area (Å²) in [6.45, 7) is 7.55. The van der Waals surface area contributed by atoms with Crippen molar-refractivity contribution in [1.29, 1.82) is 0 Å². The molecule has 2 aromatic rings. The molecule has 0 saturated heterocycles. The molecule has 0 spiro atoms. The Morgan fingerprint density at radius 3 is 2.42 bits per heavy atom. The Balaban J connectivity index is 2.19. The van der Waals surface area contributed by atoms with Crippen LogP contribution in [-0.2, 0) is 13.0 Å². The van der Waals surface area contributed by atoms with Gasteiger partial charge in [-0.2, -0.15) is 0 Å². The van der Waals surface area contributed by atoms with Gasteiger partial charge in [-0.15, -0.1) is 0 Å². The lowest BCUT2D eigenvalue weighted by Crippen LogP contribution is -2.04. The van der Waals surface area contributed by atoms with Gasteiger partial charge in [-0.3, -0.25) is 0 Å². The second-order valence-corrected chi connectivity index (χ2v) is 5.66. The first-order valence-corrected chi connectivity index (χ1v) is 7.02. The van der Waals surface area contributed by atoms with Crippen LogP contribution in [0.2, 0.25) is 0 Å². The third kappa shape index (κ3) is 3.48. The Hall–Kier alpha value is -1.54. The van der Waals surface area contributed by atoms with Gasteiger partial charge in [0.05, 0.1) is 0 Å². The first-order valence-electron chi connectivity index (χ1n) is 7.02. The van der Waals surface area contributed by atoms with Crippen LogP contribution in [-0.4, -0.2) is 12.0 Å². The molecule has 0 aliphatic carbocycles. The lowest BCUT2D eigenvalue weighted by atomic mass is 10.0. The first-order chi connectivity index (χ1) is 9.10. The van der Waals surface area contributed by atoms with Gasteiger partial charge in [-0.25, -0.2) is 0 Å². The third-order valence-electron chi connectivity index (χ3n) is 3.40. The van der Waals surface area contributed by atoms with Gasteiger partial charge in [-0.1, -0.05) is 38.1 Å². The number of hydrogen-bond acceptors (Lipinski definition) is 1. The summed E-state index contributed by atoms with van der Waals surface area (Å²) < 4.78 is 0. The van der Waals surface area contributed by atoms with Crippen LogP contribution < -0.4 is 5.32 Å². The molecule has 0 atom stereocenters. The van der Waals surface area contributed by atoms with Gasteiger partial charge in [0.1, 0.15) is 0 Å². The summed E-state index contributed by atoms with van der Waals surface area (Å²) >= 11 is 0. The summed E-state index contributed by atoms with van der Waals surface area (Å²) in [5.41, 5.74) is 6.47. The molecule has 0 radical (unpaired) electrons. The molecule has 0 aliphatic rings. The van der Waals surface area contributed by atoms with Crippen LogP contribution in [0.5, 0.6) is 0 Å². The van der Waals surface area contributed by atoms with Gasteiger partial charge in [0.25, 0.3) is 0 Å². The number of aryl methyl sites for hydroxylation is 1. The average molecular weight is 256 g/mol. The third-order valence-corrected chi connectivity index (χ3v) is 3.40. The molecule has 0 amide bonds. The summed E-state index contributed by atoms with van der Waals surface area (Å²) in [5.74, 6) is 0.709. The fraction of sp³-hybridized carbons (Fsp3) is 0.412. The van der Waals surface area contributed by atoms with E-state index in [-0.39, 0.29) is 0 Å². The van der Waals surface area contributed by atoms with Crippen molar-refractivity contribution in [3.63, 3.8) is 0 Å². The summed E-state index contributed by atoms with van der Waals surface area (Å²) in [7, 11) is 1.98. The minimum absolute atomic E-state index is 0.709. The molecule has 2 rings (SSSR count). The van der Waals surface area contributed by atoms with Crippen molar-refractivity contribution in [2.45, 2.75) is 33.7 Å². The number of aromatic amines is 1. The van der Waals surface area contributed by atoms with E-state index in [0.717, 1.165) is 13.0 Å². The number of H-pyrrole nitrogens is 1. The van der Waals surface area contributed by atoms with Crippen LogP contribution in [0, 0.1) is 12.8 Å². The number of nitrogens with one attached hydrogen (secondary N) is 2. The SMILES string of the molecule is CNCc1cc(-c2ccc(CC(C)C)cc2)[nH]c1C. The molecule has 2 nitrogen and oxygen atoms in total. The standard InChI is InChI=1S/C17H24N2/c1-12(2)9-14-5-7-15(8-6-14)17-10-16(11-18-4)13(3)19-17/h5-8,10,12,18-19H,9,11H2,1-4H3. The van der Waals surface area contributed by atoms with Gasteiger partial charge in [-0.05, 0) is 49.1 Å². The fourth-order valence-electron chi connectivity index (χ4n) is 2.42. The molecule has 0 unspecified atom stereocenters. The number of rotatable bonds is 5. The summed E-state index contributed by atoms with van der Waals surface area (Å²) in [4.78, 5) is 3.47. The zero-order valence-corrected chi connectivity index (χ0v) is 12.4. The van der Waals surface area contributed by atoms with Crippen molar-refractivity contribution in [3.05, 3.63) is 47.2 Å². The Morgan fingerprint density at radius 1 is 1.16 bits per heavy atom.